The van der Waals surface area contributed by atoms with Gasteiger partial charge in [0.15, 0.2) is 5.13 Å². The average molecular weight is 470 g/mol. The van der Waals surface area contributed by atoms with E-state index in [0.717, 1.165) is 34.7 Å². The van der Waals surface area contributed by atoms with Crippen LogP contribution in [0.2, 0.25) is 5.02 Å². The number of hydrogen-bond donors (Lipinski definition) is 0. The molecule has 8 heteroatoms. The number of aromatic nitrogens is 1. The molecule has 0 aliphatic heterocycles. The molecule has 1 heterocycles. The van der Waals surface area contributed by atoms with Crippen LogP contribution in [-0.4, -0.2) is 48.2 Å². The van der Waals surface area contributed by atoms with Crippen LogP contribution in [0.5, 0.6) is 0 Å². The van der Waals surface area contributed by atoms with Crippen molar-refractivity contribution in [1.82, 2.24) is 9.88 Å². The fourth-order valence-electron chi connectivity index (χ4n) is 2.98. The number of anilines is 1. The van der Waals surface area contributed by atoms with Crippen molar-refractivity contribution < 1.29 is 4.79 Å². The molecule has 0 atom stereocenters. The molecule has 0 fully saturated rings. The van der Waals surface area contributed by atoms with E-state index in [0.29, 0.717) is 22.3 Å². The number of halogens is 2. The van der Waals surface area contributed by atoms with Gasteiger partial charge < -0.3 is 4.90 Å². The van der Waals surface area contributed by atoms with Gasteiger partial charge in [0.25, 0.3) is 5.91 Å². The van der Waals surface area contributed by atoms with Crippen LogP contribution in [0.4, 0.5) is 5.13 Å². The summed E-state index contributed by atoms with van der Waals surface area (Å²) in [6.45, 7) is 7.58. The van der Waals surface area contributed by atoms with Crippen molar-refractivity contribution in [2.45, 2.75) is 18.7 Å². The zero-order chi connectivity index (χ0) is 20.1. The average Bonchev–Trinajstić information content (AvgIpc) is 3.13. The maximum absolute atomic E-state index is 13.4. The second kappa shape index (κ2) is 11.2. The van der Waals surface area contributed by atoms with Gasteiger partial charge in [-0.25, -0.2) is 4.98 Å². The minimum Gasteiger partial charge on any atom is -0.302 e. The number of hydrogen-bond acceptors (Lipinski definition) is 5. The van der Waals surface area contributed by atoms with E-state index < -0.39 is 0 Å². The summed E-state index contributed by atoms with van der Waals surface area (Å²) in [4.78, 5) is 23.3. The minimum atomic E-state index is -0.0202. The Labute approximate surface area is 191 Å². The maximum Gasteiger partial charge on any atom is 0.260 e. The zero-order valence-electron chi connectivity index (χ0n) is 16.7. The highest BCUT2D eigenvalue weighted by Gasteiger charge is 2.22. The second-order valence-electron chi connectivity index (χ2n) is 6.32. The Bertz CT molecular complexity index is 960. The zero-order valence-corrected chi connectivity index (χ0v) is 19.9. The first kappa shape index (κ1) is 24.0. The summed E-state index contributed by atoms with van der Waals surface area (Å²) >= 11 is 9.27. The summed E-state index contributed by atoms with van der Waals surface area (Å²) in [6.07, 6.45) is 2.01. The van der Waals surface area contributed by atoms with Gasteiger partial charge in [0.1, 0.15) is 0 Å². The SMILES string of the molecule is CCN(CC)CCN(C(=O)c1cccc(SC)c1)c1nc2ccc(Cl)cc2s1.Cl. The molecule has 156 valence electrons. The fourth-order valence-corrected chi connectivity index (χ4v) is 4.70. The summed E-state index contributed by atoms with van der Waals surface area (Å²) in [5.74, 6) is -0.0202. The predicted octanol–water partition coefficient (Wildman–Crippen LogP) is 6.08. The number of likely N-dealkylation sites (N-methyl/N-ethyl adjacent to an activating group) is 1. The number of fused-ring (bicyclic) bond motifs is 1. The van der Waals surface area contributed by atoms with Gasteiger partial charge in [0.05, 0.1) is 10.2 Å². The molecule has 0 radical (unpaired) electrons. The molecule has 0 aliphatic rings. The van der Waals surface area contributed by atoms with Gasteiger partial charge in [-0.1, -0.05) is 42.9 Å². The minimum absolute atomic E-state index is 0. The lowest BCUT2D eigenvalue weighted by Gasteiger charge is -2.24. The van der Waals surface area contributed by atoms with Crippen LogP contribution in [0.15, 0.2) is 47.4 Å². The van der Waals surface area contributed by atoms with Gasteiger partial charge in [-0.15, -0.1) is 24.2 Å². The highest BCUT2D eigenvalue weighted by Crippen LogP contribution is 2.31. The first-order valence-electron chi connectivity index (χ1n) is 9.30. The topological polar surface area (TPSA) is 36.4 Å². The monoisotopic (exact) mass is 469 g/mol. The summed E-state index contributed by atoms with van der Waals surface area (Å²) in [5.41, 5.74) is 1.55. The third kappa shape index (κ3) is 5.86. The molecular weight excluding hydrogens is 445 g/mol. The molecule has 29 heavy (non-hydrogen) atoms. The van der Waals surface area contributed by atoms with Crippen LogP contribution < -0.4 is 4.90 Å². The van der Waals surface area contributed by atoms with Crippen LogP contribution in [0.1, 0.15) is 24.2 Å². The number of nitrogens with zero attached hydrogens (tertiary/aromatic N) is 3. The molecule has 0 saturated carbocycles. The van der Waals surface area contributed by atoms with E-state index in [4.69, 9.17) is 16.6 Å². The molecule has 1 amide bonds. The van der Waals surface area contributed by atoms with E-state index in [2.05, 4.69) is 18.7 Å². The van der Waals surface area contributed by atoms with E-state index in [1.165, 1.54) is 11.3 Å². The smallest absolute Gasteiger partial charge is 0.260 e. The highest BCUT2D eigenvalue weighted by molar-refractivity contribution is 7.98. The first-order chi connectivity index (χ1) is 13.5. The molecule has 0 N–H and O–H groups in total. The summed E-state index contributed by atoms with van der Waals surface area (Å²) in [5, 5.41) is 1.39. The number of thioether (sulfide) groups is 1. The van der Waals surface area contributed by atoms with Crippen molar-refractivity contribution in [2.24, 2.45) is 0 Å². The number of carbonyl (C=O) groups excluding carboxylic acids is 1. The Hall–Kier alpha value is -1.31. The number of rotatable bonds is 8. The van der Waals surface area contributed by atoms with Gasteiger partial charge in [-0.05, 0) is 55.7 Å². The van der Waals surface area contributed by atoms with Crippen molar-refractivity contribution in [3.63, 3.8) is 0 Å². The first-order valence-corrected chi connectivity index (χ1v) is 11.7. The largest absolute Gasteiger partial charge is 0.302 e. The van der Waals surface area contributed by atoms with Gasteiger partial charge in [0, 0.05) is 28.6 Å². The molecule has 0 unspecified atom stereocenters. The third-order valence-corrected chi connectivity index (χ3v) is 6.67. The lowest BCUT2D eigenvalue weighted by molar-refractivity contribution is 0.0983. The Morgan fingerprint density at radius 2 is 1.90 bits per heavy atom. The predicted molar refractivity (Wildman–Crippen MR) is 130 cm³/mol. The van der Waals surface area contributed by atoms with Crippen LogP contribution in [0.3, 0.4) is 0 Å². The molecule has 0 bridgehead atoms. The number of amides is 1. The van der Waals surface area contributed by atoms with E-state index in [-0.39, 0.29) is 18.3 Å². The lowest BCUT2D eigenvalue weighted by atomic mass is 10.2. The Morgan fingerprint density at radius 3 is 2.59 bits per heavy atom. The van der Waals surface area contributed by atoms with E-state index in [1.807, 2.05) is 48.7 Å². The third-order valence-electron chi connectivity index (χ3n) is 4.67. The quantitative estimate of drug-likeness (QED) is 0.374. The fraction of sp³-hybridized carbons (Fsp3) is 0.333. The van der Waals surface area contributed by atoms with Crippen LogP contribution in [0, 0.1) is 0 Å². The van der Waals surface area contributed by atoms with Crippen molar-refractivity contribution >= 4 is 68.4 Å². The normalized spacial score (nSPS) is 10.9. The van der Waals surface area contributed by atoms with E-state index in [9.17, 15) is 4.79 Å². The van der Waals surface area contributed by atoms with Gasteiger partial charge >= 0.3 is 0 Å². The van der Waals surface area contributed by atoms with Crippen LogP contribution >= 0.6 is 47.1 Å². The molecule has 3 rings (SSSR count). The summed E-state index contributed by atoms with van der Waals surface area (Å²) < 4.78 is 0.987. The van der Waals surface area contributed by atoms with E-state index >= 15 is 0 Å². The Morgan fingerprint density at radius 1 is 1.14 bits per heavy atom. The standard InChI is InChI=1S/C21H24ClN3OS2.ClH/c1-4-24(5-2)11-12-25(20(26)15-7-6-8-17(13-15)27-3)21-23-18-10-9-16(22)14-19(18)28-21;/h6-10,13-14H,4-5,11-12H2,1-3H3;1H. The molecule has 3 aromatic rings. The molecule has 0 saturated heterocycles. The van der Waals surface area contributed by atoms with Crippen molar-refractivity contribution in [2.75, 3.05) is 37.3 Å². The highest BCUT2D eigenvalue weighted by atomic mass is 35.5. The molecule has 2 aromatic carbocycles. The summed E-state index contributed by atoms with van der Waals surface area (Å²) in [6, 6.07) is 13.4. The van der Waals surface area contributed by atoms with Gasteiger partial charge in [-0.3, -0.25) is 9.69 Å². The van der Waals surface area contributed by atoms with Gasteiger partial charge in [0.2, 0.25) is 0 Å². The maximum atomic E-state index is 13.4. The molecule has 1 aromatic heterocycles. The number of benzene rings is 2. The molecular formula is C21H25Cl2N3OS2. The van der Waals surface area contributed by atoms with Gasteiger partial charge in [-0.2, -0.15) is 0 Å². The Balaban J connectivity index is 0.00000300. The van der Waals surface area contributed by atoms with Crippen molar-refractivity contribution in [1.29, 1.82) is 0 Å². The molecule has 4 nitrogen and oxygen atoms in total. The molecule has 0 aliphatic carbocycles. The van der Waals surface area contributed by atoms with Crippen LogP contribution in [0.25, 0.3) is 10.2 Å². The second-order valence-corrected chi connectivity index (χ2v) is 8.65. The van der Waals surface area contributed by atoms with Crippen molar-refractivity contribution in [3.8, 4) is 0 Å². The Kier molecular flexibility index (Phi) is 9.24. The molecule has 0 spiro atoms. The lowest BCUT2D eigenvalue weighted by Crippen LogP contribution is -2.38. The van der Waals surface area contributed by atoms with Crippen LogP contribution in [-0.2, 0) is 0 Å². The van der Waals surface area contributed by atoms with E-state index in [1.54, 1.807) is 16.7 Å². The summed E-state index contributed by atoms with van der Waals surface area (Å²) in [7, 11) is 0. The number of carbonyl (C=O) groups is 1. The van der Waals surface area contributed by atoms with Crippen molar-refractivity contribution in [3.05, 3.63) is 53.1 Å². The number of thiazole rings is 1.